The Morgan fingerprint density at radius 3 is 2.81 bits per heavy atom. The maximum absolute atomic E-state index is 13.1. The van der Waals surface area contributed by atoms with Gasteiger partial charge in [-0.2, -0.15) is 5.10 Å². The van der Waals surface area contributed by atoms with E-state index in [1.807, 2.05) is 0 Å². The molecule has 0 fully saturated rings. The first kappa shape index (κ1) is 13.5. The van der Waals surface area contributed by atoms with E-state index in [0.717, 1.165) is 0 Å². The number of aromatic amines is 1. The Morgan fingerprint density at radius 2 is 2.14 bits per heavy atom. The summed E-state index contributed by atoms with van der Waals surface area (Å²) < 4.78 is 14.7. The molecule has 0 saturated carbocycles. The lowest BCUT2D eigenvalue weighted by Gasteiger charge is -2.05. The van der Waals surface area contributed by atoms with E-state index in [9.17, 15) is 9.18 Å². The molecule has 3 rings (SSSR count). The average Bonchev–Trinajstić information content (AvgIpc) is 2.84. The van der Waals surface area contributed by atoms with Crippen molar-refractivity contribution in [2.75, 3.05) is 0 Å². The summed E-state index contributed by atoms with van der Waals surface area (Å²) in [7, 11) is 1.77. The second-order valence-electron chi connectivity index (χ2n) is 4.51. The number of hydrogen-bond acceptors (Lipinski definition) is 3. The van der Waals surface area contributed by atoms with Gasteiger partial charge in [-0.15, -0.1) is 0 Å². The van der Waals surface area contributed by atoms with Crippen LogP contribution in [0.25, 0.3) is 22.6 Å². The topological polar surface area (TPSA) is 63.6 Å². The molecule has 0 aliphatic rings. The molecule has 0 aliphatic heterocycles. The third kappa shape index (κ3) is 2.71. The third-order valence-electron chi connectivity index (χ3n) is 2.93. The van der Waals surface area contributed by atoms with E-state index < -0.39 is 5.82 Å². The lowest BCUT2D eigenvalue weighted by atomic mass is 10.2. The zero-order chi connectivity index (χ0) is 15.0. The predicted octanol–water partition coefficient (Wildman–Crippen LogP) is 2.63. The Labute approximate surface area is 124 Å². The molecule has 0 aliphatic carbocycles. The van der Waals surface area contributed by atoms with E-state index in [0.29, 0.717) is 16.8 Å². The van der Waals surface area contributed by atoms with Crippen LogP contribution in [0.5, 0.6) is 0 Å². The standard InChI is InChI=1S/C14H10ClFN4O/c1-20-7-8(6-17-20)12-5-13(21)19-14(18-12)10-3-2-9(16)4-11(10)15/h2-7H,1H3,(H,18,19,21). The van der Waals surface area contributed by atoms with E-state index in [1.165, 1.54) is 24.3 Å². The summed E-state index contributed by atoms with van der Waals surface area (Å²) in [5.41, 5.74) is 1.32. The van der Waals surface area contributed by atoms with Gasteiger partial charge >= 0.3 is 0 Å². The third-order valence-corrected chi connectivity index (χ3v) is 3.24. The van der Waals surface area contributed by atoms with Crippen LogP contribution in [0.3, 0.4) is 0 Å². The number of hydrogen-bond donors (Lipinski definition) is 1. The van der Waals surface area contributed by atoms with Gasteiger partial charge in [-0.1, -0.05) is 11.6 Å². The van der Waals surface area contributed by atoms with Crippen LogP contribution in [0.15, 0.2) is 41.5 Å². The van der Waals surface area contributed by atoms with Crippen molar-refractivity contribution >= 4 is 11.6 Å². The minimum atomic E-state index is -0.450. The summed E-state index contributed by atoms with van der Waals surface area (Å²) in [6.07, 6.45) is 3.36. The molecule has 3 aromatic rings. The van der Waals surface area contributed by atoms with Gasteiger partial charge in [-0.25, -0.2) is 9.37 Å². The monoisotopic (exact) mass is 304 g/mol. The molecule has 106 valence electrons. The van der Waals surface area contributed by atoms with Crippen molar-refractivity contribution in [3.8, 4) is 22.6 Å². The fourth-order valence-electron chi connectivity index (χ4n) is 1.97. The molecule has 0 saturated heterocycles. The molecule has 0 amide bonds. The van der Waals surface area contributed by atoms with Crippen LogP contribution in [-0.4, -0.2) is 19.7 Å². The van der Waals surface area contributed by atoms with Crippen molar-refractivity contribution in [1.29, 1.82) is 0 Å². The highest BCUT2D eigenvalue weighted by atomic mass is 35.5. The highest BCUT2D eigenvalue weighted by Crippen LogP contribution is 2.26. The molecule has 0 bridgehead atoms. The zero-order valence-corrected chi connectivity index (χ0v) is 11.7. The SMILES string of the molecule is Cn1cc(-c2cc(=O)[nH]c(-c3ccc(F)cc3Cl)n2)cn1. The molecule has 0 radical (unpaired) electrons. The summed E-state index contributed by atoms with van der Waals surface area (Å²) in [5.74, 6) is -0.166. The number of nitrogens with zero attached hydrogens (tertiary/aromatic N) is 3. The number of halogens is 2. The second kappa shape index (κ2) is 5.14. The van der Waals surface area contributed by atoms with Gasteiger partial charge in [0.1, 0.15) is 11.6 Å². The van der Waals surface area contributed by atoms with Gasteiger partial charge in [0.25, 0.3) is 5.56 Å². The summed E-state index contributed by atoms with van der Waals surface area (Å²) in [4.78, 5) is 18.8. The summed E-state index contributed by atoms with van der Waals surface area (Å²) in [6.45, 7) is 0. The molecule has 1 aromatic carbocycles. The van der Waals surface area contributed by atoms with E-state index in [1.54, 1.807) is 24.1 Å². The average molecular weight is 305 g/mol. The van der Waals surface area contributed by atoms with Crippen LogP contribution in [0.1, 0.15) is 0 Å². The maximum Gasteiger partial charge on any atom is 0.251 e. The first-order valence-electron chi connectivity index (χ1n) is 6.09. The predicted molar refractivity (Wildman–Crippen MR) is 77.5 cm³/mol. The Hall–Kier alpha value is -2.47. The zero-order valence-electron chi connectivity index (χ0n) is 11.0. The van der Waals surface area contributed by atoms with Crippen LogP contribution in [0, 0.1) is 5.82 Å². The minimum absolute atomic E-state index is 0.182. The number of H-pyrrole nitrogens is 1. The second-order valence-corrected chi connectivity index (χ2v) is 4.91. The molecule has 1 N–H and O–H groups in total. The molecule has 0 unspecified atom stereocenters. The van der Waals surface area contributed by atoms with Gasteiger partial charge in [0.2, 0.25) is 0 Å². The first-order chi connectivity index (χ1) is 10.0. The Morgan fingerprint density at radius 1 is 1.33 bits per heavy atom. The van der Waals surface area contributed by atoms with Crippen molar-refractivity contribution in [1.82, 2.24) is 19.7 Å². The number of rotatable bonds is 2. The first-order valence-corrected chi connectivity index (χ1v) is 6.46. The molecule has 0 atom stereocenters. The van der Waals surface area contributed by atoms with E-state index >= 15 is 0 Å². The fraction of sp³-hybridized carbons (Fsp3) is 0.0714. The van der Waals surface area contributed by atoms with Crippen molar-refractivity contribution in [2.45, 2.75) is 0 Å². The van der Waals surface area contributed by atoms with E-state index in [4.69, 9.17) is 11.6 Å². The number of nitrogens with one attached hydrogen (secondary N) is 1. The van der Waals surface area contributed by atoms with Crippen LogP contribution < -0.4 is 5.56 Å². The Balaban J connectivity index is 2.16. The molecular formula is C14H10ClFN4O. The molecule has 2 aromatic heterocycles. The van der Waals surface area contributed by atoms with Crippen LogP contribution >= 0.6 is 11.6 Å². The van der Waals surface area contributed by atoms with E-state index in [2.05, 4.69) is 15.1 Å². The minimum Gasteiger partial charge on any atom is -0.306 e. The lowest BCUT2D eigenvalue weighted by molar-refractivity contribution is 0.628. The quantitative estimate of drug-likeness (QED) is 0.791. The molecule has 21 heavy (non-hydrogen) atoms. The largest absolute Gasteiger partial charge is 0.306 e. The summed E-state index contributed by atoms with van der Waals surface area (Å²) in [5, 5.41) is 4.22. The van der Waals surface area contributed by atoms with E-state index in [-0.39, 0.29) is 16.4 Å². The van der Waals surface area contributed by atoms with Gasteiger partial charge < -0.3 is 4.98 Å². The van der Waals surface area contributed by atoms with Crippen LogP contribution in [0.2, 0.25) is 5.02 Å². The summed E-state index contributed by atoms with van der Waals surface area (Å²) >= 11 is 6.00. The van der Waals surface area contributed by atoms with Crippen molar-refractivity contribution in [2.24, 2.45) is 7.05 Å². The Bertz CT molecular complexity index is 871. The number of aryl methyl sites for hydroxylation is 1. The van der Waals surface area contributed by atoms with Gasteiger partial charge in [0, 0.05) is 30.4 Å². The normalized spacial score (nSPS) is 10.8. The molecule has 0 spiro atoms. The molecule has 7 heteroatoms. The maximum atomic E-state index is 13.1. The fourth-order valence-corrected chi connectivity index (χ4v) is 2.22. The highest BCUT2D eigenvalue weighted by Gasteiger charge is 2.11. The van der Waals surface area contributed by atoms with Crippen molar-refractivity contribution in [3.05, 3.63) is 57.9 Å². The van der Waals surface area contributed by atoms with Crippen molar-refractivity contribution < 1.29 is 4.39 Å². The number of benzene rings is 1. The van der Waals surface area contributed by atoms with Gasteiger partial charge in [0.05, 0.1) is 16.9 Å². The molecule has 5 nitrogen and oxygen atoms in total. The van der Waals surface area contributed by atoms with Crippen LogP contribution in [-0.2, 0) is 7.05 Å². The van der Waals surface area contributed by atoms with Crippen LogP contribution in [0.4, 0.5) is 4.39 Å². The van der Waals surface area contributed by atoms with Gasteiger partial charge in [-0.05, 0) is 18.2 Å². The van der Waals surface area contributed by atoms with Crippen molar-refractivity contribution in [3.63, 3.8) is 0 Å². The lowest BCUT2D eigenvalue weighted by Crippen LogP contribution is -2.08. The van der Waals surface area contributed by atoms with Gasteiger partial charge in [-0.3, -0.25) is 9.48 Å². The molecule has 2 heterocycles. The summed E-state index contributed by atoms with van der Waals surface area (Å²) in [6, 6.07) is 5.28. The van der Waals surface area contributed by atoms with Gasteiger partial charge in [0.15, 0.2) is 0 Å². The number of aromatic nitrogens is 4. The highest BCUT2D eigenvalue weighted by molar-refractivity contribution is 6.33. The molecular weight excluding hydrogens is 295 g/mol. The Kier molecular flexibility index (Phi) is 3.31. The smallest absolute Gasteiger partial charge is 0.251 e.